The Hall–Kier alpha value is -0.500. The van der Waals surface area contributed by atoms with E-state index in [1.807, 2.05) is 12.2 Å². The first kappa shape index (κ1) is 64.8. The minimum atomic E-state index is -4.20. The van der Waals surface area contributed by atoms with Gasteiger partial charge in [-0.15, -0.1) is 0 Å². The van der Waals surface area contributed by atoms with Crippen LogP contribution in [0.15, 0.2) is 24.3 Å². The van der Waals surface area contributed by atoms with Crippen LogP contribution in [-0.2, 0) is 29.8 Å². The fourth-order valence-corrected chi connectivity index (χ4v) is 8.03. The molecule has 0 spiro atoms. The fraction of sp³-hybridized carbons (Fsp3) is 0.875. The Morgan fingerprint density at radius 2 is 0.607 bits per heavy atom. The molecule has 0 saturated heterocycles. The van der Waals surface area contributed by atoms with Gasteiger partial charge in [0.25, 0.3) is 0 Å². The Morgan fingerprint density at radius 1 is 0.393 bits per heavy atom. The van der Waals surface area contributed by atoms with E-state index < -0.39 is 31.7 Å². The molecule has 0 aliphatic rings. The summed E-state index contributed by atoms with van der Waals surface area (Å²) < 4.78 is 63.3. The molecule has 0 radical (unpaired) electrons. The zero-order valence-corrected chi connectivity index (χ0v) is 43.7. The van der Waals surface area contributed by atoms with Crippen LogP contribution in [0.1, 0.15) is 232 Å². The summed E-state index contributed by atoms with van der Waals surface area (Å²) in [4.78, 5) is 26.6. The van der Waals surface area contributed by atoms with Crippen molar-refractivity contribution in [3.05, 3.63) is 24.3 Å². The predicted octanol–water partition coefficient (Wildman–Crippen LogP) is 12.0. The van der Waals surface area contributed by atoms with E-state index in [0.717, 1.165) is 25.7 Å². The monoisotopic (exact) mass is 929 g/mol. The minimum absolute atomic E-state index is 0. The summed E-state index contributed by atoms with van der Waals surface area (Å²) in [5.74, 6) is -1.13. The molecule has 0 saturated carbocycles. The van der Waals surface area contributed by atoms with Gasteiger partial charge in [-0.05, 0) is 50.7 Å². The fourth-order valence-electron chi connectivity index (χ4n) is 7.07. The summed E-state index contributed by atoms with van der Waals surface area (Å²) in [7, 11) is -5.15. The van der Waals surface area contributed by atoms with Gasteiger partial charge in [0.2, 0.25) is 11.8 Å². The number of carbonyl (C=O) groups is 2. The summed E-state index contributed by atoms with van der Waals surface area (Å²) in [6.07, 6.45) is 49.4. The maximum absolute atomic E-state index is 11.9. The molecule has 0 bridgehead atoms. The Labute approximate surface area is 407 Å². The standard InChI is InChI=1S/2C24H47NO4S.Ca/c2*1-3-4-5-6-7-8-9-10-11-12-13-14-15-16-17-18-19-21-24(26)25(2)22-20-23-30(27,28)29;/h2*19,21H,3-18,20,22-23H2,1-2H3,(H,27,28,29);/q;;+2/p-2/b2*21-19+;. The van der Waals surface area contributed by atoms with E-state index in [4.69, 9.17) is 0 Å². The van der Waals surface area contributed by atoms with Crippen LogP contribution in [0.5, 0.6) is 0 Å². The van der Waals surface area contributed by atoms with Gasteiger partial charge in [-0.25, -0.2) is 16.8 Å². The first-order valence-electron chi connectivity index (χ1n) is 24.4. The molecule has 0 fully saturated rings. The molecule has 0 heterocycles. The van der Waals surface area contributed by atoms with E-state index >= 15 is 0 Å². The van der Waals surface area contributed by atoms with Gasteiger partial charge < -0.3 is 18.9 Å². The Morgan fingerprint density at radius 3 is 0.820 bits per heavy atom. The van der Waals surface area contributed by atoms with Gasteiger partial charge in [-0.2, -0.15) is 0 Å². The number of carbonyl (C=O) groups excluding carboxylic acids is 2. The molecule has 0 aliphatic heterocycles. The third-order valence-corrected chi connectivity index (χ3v) is 12.6. The van der Waals surface area contributed by atoms with Crippen molar-refractivity contribution in [3.8, 4) is 0 Å². The van der Waals surface area contributed by atoms with Crippen molar-refractivity contribution in [2.45, 2.75) is 232 Å². The molecule has 2 amide bonds. The summed E-state index contributed by atoms with van der Waals surface area (Å²) >= 11 is 0. The third kappa shape index (κ3) is 55.6. The van der Waals surface area contributed by atoms with E-state index in [2.05, 4.69) is 13.8 Å². The normalized spacial score (nSPS) is 11.8. The number of allylic oxidation sites excluding steroid dienone is 2. The molecular formula is C48H92CaN2O8S2. The molecule has 0 N–H and O–H groups in total. The first-order valence-corrected chi connectivity index (χ1v) is 27.6. The topological polar surface area (TPSA) is 155 Å². The molecular weight excluding hydrogens is 837 g/mol. The molecule has 0 aromatic carbocycles. The Balaban J connectivity index is -0.00000109. The molecule has 0 unspecified atom stereocenters. The van der Waals surface area contributed by atoms with Crippen molar-refractivity contribution in [2.75, 3.05) is 38.7 Å². The van der Waals surface area contributed by atoms with Crippen LogP contribution in [0.3, 0.4) is 0 Å². The van der Waals surface area contributed by atoms with Gasteiger partial charge in [-0.1, -0.05) is 206 Å². The maximum Gasteiger partial charge on any atom is 2.00 e. The second kappa shape index (κ2) is 47.5. The molecule has 0 aliphatic carbocycles. The Bertz CT molecular complexity index is 1170. The van der Waals surface area contributed by atoms with Crippen LogP contribution in [0.25, 0.3) is 0 Å². The van der Waals surface area contributed by atoms with Gasteiger partial charge in [0.05, 0.1) is 20.2 Å². The minimum Gasteiger partial charge on any atom is -0.748 e. The molecule has 356 valence electrons. The van der Waals surface area contributed by atoms with E-state index in [1.165, 1.54) is 190 Å². The molecule has 0 aromatic heterocycles. The van der Waals surface area contributed by atoms with Crippen molar-refractivity contribution in [1.29, 1.82) is 0 Å². The van der Waals surface area contributed by atoms with Gasteiger partial charge >= 0.3 is 37.7 Å². The molecule has 61 heavy (non-hydrogen) atoms. The molecule has 0 rings (SSSR count). The molecule has 13 heteroatoms. The first-order chi connectivity index (χ1) is 28.7. The Kier molecular flexibility index (Phi) is 50.4. The second-order valence-corrected chi connectivity index (χ2v) is 20.1. The maximum atomic E-state index is 11.9. The van der Waals surface area contributed by atoms with Crippen molar-refractivity contribution in [1.82, 2.24) is 9.80 Å². The smallest absolute Gasteiger partial charge is 0.748 e. The number of amides is 2. The van der Waals surface area contributed by atoms with Gasteiger partial charge in [0.1, 0.15) is 0 Å². The van der Waals surface area contributed by atoms with Crippen LogP contribution < -0.4 is 0 Å². The number of unbranched alkanes of at least 4 members (excludes halogenated alkanes) is 30. The summed E-state index contributed by atoms with van der Waals surface area (Å²) in [6, 6.07) is 0. The zero-order valence-electron chi connectivity index (χ0n) is 39.9. The SMILES string of the molecule is CCCCCCCCCCCCCCCCC/C=C/C(=O)N(C)CCCS(=O)(=O)[O-].CCCCCCCCCCCCCCCCC/C=C/C(=O)N(C)CCCS(=O)(=O)[O-].[Ca+2]. The molecule has 10 nitrogen and oxygen atoms in total. The number of likely N-dealkylation sites (N-methyl/N-ethyl adjacent to an activating group) is 2. The summed E-state index contributed by atoms with van der Waals surface area (Å²) in [6.45, 7) is 5.09. The number of hydrogen-bond donors (Lipinski definition) is 0. The average molecular weight is 929 g/mol. The van der Waals surface area contributed by atoms with E-state index in [-0.39, 0.29) is 75.5 Å². The van der Waals surface area contributed by atoms with Gasteiger partial charge in [-0.3, -0.25) is 9.59 Å². The van der Waals surface area contributed by atoms with Crippen LogP contribution in [0, 0.1) is 0 Å². The largest absolute Gasteiger partial charge is 2.00 e. The third-order valence-electron chi connectivity index (χ3n) is 11.0. The van der Waals surface area contributed by atoms with Crippen molar-refractivity contribution >= 4 is 69.8 Å². The molecule has 0 atom stereocenters. The van der Waals surface area contributed by atoms with Crippen LogP contribution >= 0.6 is 0 Å². The summed E-state index contributed by atoms with van der Waals surface area (Å²) in [5, 5.41) is 0. The van der Waals surface area contributed by atoms with E-state index in [9.17, 15) is 35.5 Å². The average Bonchev–Trinajstić information content (AvgIpc) is 3.19. The summed E-state index contributed by atoms with van der Waals surface area (Å²) in [5.41, 5.74) is 0. The number of rotatable bonds is 42. The van der Waals surface area contributed by atoms with Crippen LogP contribution in [-0.4, -0.2) is 124 Å². The van der Waals surface area contributed by atoms with Gasteiger partial charge in [0.15, 0.2) is 0 Å². The van der Waals surface area contributed by atoms with E-state index in [0.29, 0.717) is 0 Å². The van der Waals surface area contributed by atoms with Crippen LogP contribution in [0.4, 0.5) is 0 Å². The van der Waals surface area contributed by atoms with E-state index in [1.54, 1.807) is 26.2 Å². The van der Waals surface area contributed by atoms with Crippen LogP contribution in [0.2, 0.25) is 0 Å². The van der Waals surface area contributed by atoms with Crippen molar-refractivity contribution in [3.63, 3.8) is 0 Å². The quantitative estimate of drug-likeness (QED) is 0.0254. The van der Waals surface area contributed by atoms with Crippen molar-refractivity contribution in [2.24, 2.45) is 0 Å². The number of nitrogens with zero attached hydrogens (tertiary/aromatic N) is 2. The number of hydrogen-bond acceptors (Lipinski definition) is 8. The molecule has 0 aromatic rings. The predicted molar refractivity (Wildman–Crippen MR) is 257 cm³/mol. The second-order valence-electron chi connectivity index (χ2n) is 17.0. The zero-order chi connectivity index (χ0) is 45.0. The van der Waals surface area contributed by atoms with Gasteiger partial charge in [0, 0.05) is 38.7 Å². The van der Waals surface area contributed by atoms with Crippen molar-refractivity contribution < 1.29 is 35.5 Å².